The minimum atomic E-state index is -0.608. The maximum atomic E-state index is 10.1. The molecular weight excluding hydrogens is 344 g/mol. The molecule has 27 heavy (non-hydrogen) atoms. The normalized spacial score (nSPS) is 14.0. The first-order valence-corrected chi connectivity index (χ1v) is 9.91. The number of hydrogen-bond acceptors (Lipinski definition) is 6. The van der Waals surface area contributed by atoms with E-state index in [1.165, 1.54) is 0 Å². The molecule has 1 aromatic rings. The van der Waals surface area contributed by atoms with Gasteiger partial charge in [-0.3, -0.25) is 0 Å². The monoisotopic (exact) mass is 382 g/mol. The highest BCUT2D eigenvalue weighted by molar-refractivity contribution is 5.44. The van der Waals surface area contributed by atoms with Gasteiger partial charge in [0.15, 0.2) is 11.5 Å². The summed E-state index contributed by atoms with van der Waals surface area (Å²) in [5.41, 5.74) is 1.13. The molecule has 4 N–H and O–H groups in total. The summed E-state index contributed by atoms with van der Waals surface area (Å²) in [7, 11) is 0. The molecule has 0 bridgehead atoms. The van der Waals surface area contributed by atoms with Crippen LogP contribution in [0.4, 0.5) is 0 Å². The average molecular weight is 383 g/mol. The van der Waals surface area contributed by atoms with Gasteiger partial charge in [-0.05, 0) is 23.6 Å². The van der Waals surface area contributed by atoms with Gasteiger partial charge < -0.3 is 30.3 Å². The van der Waals surface area contributed by atoms with Crippen LogP contribution >= 0.6 is 0 Å². The second kappa shape index (κ2) is 12.2. The summed E-state index contributed by atoms with van der Waals surface area (Å²) >= 11 is 0. The third kappa shape index (κ3) is 9.96. The van der Waals surface area contributed by atoms with Crippen LogP contribution in [0.5, 0.6) is 11.5 Å². The first-order valence-electron chi connectivity index (χ1n) is 9.91. The predicted octanol–water partition coefficient (Wildman–Crippen LogP) is 2.29. The van der Waals surface area contributed by atoms with Gasteiger partial charge in [-0.2, -0.15) is 0 Å². The van der Waals surface area contributed by atoms with E-state index >= 15 is 0 Å². The van der Waals surface area contributed by atoms with E-state index in [-0.39, 0.29) is 13.2 Å². The van der Waals surface area contributed by atoms with Crippen molar-refractivity contribution in [2.75, 3.05) is 26.3 Å². The van der Waals surface area contributed by atoms with Crippen molar-refractivity contribution in [3.05, 3.63) is 23.8 Å². The fourth-order valence-electron chi connectivity index (χ4n) is 2.35. The lowest BCUT2D eigenvalue weighted by Gasteiger charge is -2.20. The lowest BCUT2D eigenvalue weighted by Crippen LogP contribution is -2.35. The van der Waals surface area contributed by atoms with E-state index in [1.807, 2.05) is 45.9 Å². The molecule has 0 fully saturated rings. The highest BCUT2D eigenvalue weighted by Crippen LogP contribution is 2.31. The zero-order valence-corrected chi connectivity index (χ0v) is 17.7. The molecule has 2 unspecified atom stereocenters. The van der Waals surface area contributed by atoms with Gasteiger partial charge in [-0.1, -0.05) is 47.6 Å². The molecule has 0 saturated carbocycles. The molecule has 0 aromatic heterocycles. The van der Waals surface area contributed by atoms with Crippen LogP contribution in [0, 0.1) is 0 Å². The Morgan fingerprint density at radius 1 is 0.778 bits per heavy atom. The third-order valence-corrected chi connectivity index (χ3v) is 4.02. The second-order valence-corrected chi connectivity index (χ2v) is 7.92. The van der Waals surface area contributed by atoms with Crippen molar-refractivity contribution < 1.29 is 19.7 Å². The van der Waals surface area contributed by atoms with Gasteiger partial charge in [0, 0.05) is 25.2 Å². The Labute approximate surface area is 164 Å². The second-order valence-electron chi connectivity index (χ2n) is 7.92. The molecule has 6 heteroatoms. The molecule has 0 amide bonds. The fraction of sp³-hybridized carbons (Fsp3) is 0.714. The van der Waals surface area contributed by atoms with Crippen molar-refractivity contribution in [1.82, 2.24) is 10.6 Å². The van der Waals surface area contributed by atoms with Crippen LogP contribution in [0.3, 0.4) is 0 Å². The molecule has 0 saturated heterocycles. The number of ether oxygens (including phenoxy) is 2. The van der Waals surface area contributed by atoms with E-state index in [4.69, 9.17) is 9.47 Å². The molecule has 1 aromatic carbocycles. The van der Waals surface area contributed by atoms with Crippen LogP contribution in [0.1, 0.15) is 53.0 Å². The molecule has 0 radical (unpaired) electrons. The lowest BCUT2D eigenvalue weighted by atomic mass is 10.0. The van der Waals surface area contributed by atoms with Crippen molar-refractivity contribution in [3.8, 4) is 11.5 Å². The fourth-order valence-corrected chi connectivity index (χ4v) is 2.35. The van der Waals surface area contributed by atoms with Gasteiger partial charge in [-0.25, -0.2) is 0 Å². The van der Waals surface area contributed by atoms with Gasteiger partial charge in [0.05, 0.1) is 0 Å². The Balaban J connectivity index is 2.70. The largest absolute Gasteiger partial charge is 0.487 e. The molecule has 0 heterocycles. The van der Waals surface area contributed by atoms with Crippen LogP contribution < -0.4 is 20.1 Å². The van der Waals surface area contributed by atoms with Gasteiger partial charge in [0.1, 0.15) is 25.4 Å². The van der Waals surface area contributed by atoms with Crippen LogP contribution in [0.2, 0.25) is 0 Å². The van der Waals surface area contributed by atoms with Crippen molar-refractivity contribution in [3.63, 3.8) is 0 Å². The maximum Gasteiger partial charge on any atom is 0.161 e. The van der Waals surface area contributed by atoms with Gasteiger partial charge in [0.2, 0.25) is 0 Å². The highest BCUT2D eigenvalue weighted by Gasteiger charge is 2.14. The Morgan fingerprint density at radius 2 is 1.26 bits per heavy atom. The molecule has 0 spiro atoms. The summed E-state index contributed by atoms with van der Waals surface area (Å²) in [5.74, 6) is 1.52. The molecule has 156 valence electrons. The summed E-state index contributed by atoms with van der Waals surface area (Å²) in [5, 5.41) is 26.5. The van der Waals surface area contributed by atoms with E-state index in [0.29, 0.717) is 42.6 Å². The van der Waals surface area contributed by atoms with Crippen LogP contribution in [-0.4, -0.2) is 60.8 Å². The Morgan fingerprint density at radius 3 is 1.70 bits per heavy atom. The number of rotatable bonds is 13. The number of benzene rings is 1. The lowest BCUT2D eigenvalue weighted by molar-refractivity contribution is 0.0909. The van der Waals surface area contributed by atoms with Crippen LogP contribution in [0.25, 0.3) is 0 Å². The summed E-state index contributed by atoms with van der Waals surface area (Å²) in [6, 6.07) is 6.43. The van der Waals surface area contributed by atoms with Crippen LogP contribution in [0.15, 0.2) is 18.2 Å². The third-order valence-electron chi connectivity index (χ3n) is 4.02. The standard InChI is InChI=1S/C21H38N2O4/c1-14(2)17-7-8-20(26-12-18(24)10-22-15(3)4)21(9-17)27-13-19(25)11-23-16(5)6/h7-9,14-16,18-19,22-25H,10-13H2,1-6H3. The van der Waals surface area contributed by atoms with Gasteiger partial charge in [0.25, 0.3) is 0 Å². The number of aliphatic hydroxyl groups excluding tert-OH is 2. The highest BCUT2D eigenvalue weighted by atomic mass is 16.5. The van der Waals surface area contributed by atoms with Gasteiger partial charge in [-0.15, -0.1) is 0 Å². The van der Waals surface area contributed by atoms with E-state index in [0.717, 1.165) is 5.56 Å². The van der Waals surface area contributed by atoms with Crippen molar-refractivity contribution >= 4 is 0 Å². The van der Waals surface area contributed by atoms with E-state index < -0.39 is 12.2 Å². The van der Waals surface area contributed by atoms with E-state index in [1.54, 1.807) is 0 Å². The summed E-state index contributed by atoms with van der Waals surface area (Å²) in [6.07, 6.45) is -1.21. The molecule has 1 rings (SSSR count). The Hall–Kier alpha value is -1.34. The SMILES string of the molecule is CC(C)NCC(O)COc1ccc(C(C)C)cc1OCC(O)CNC(C)C. The minimum absolute atomic E-state index is 0.175. The molecule has 2 atom stereocenters. The topological polar surface area (TPSA) is 83.0 Å². The molecule has 0 aliphatic heterocycles. The zero-order valence-electron chi connectivity index (χ0n) is 17.7. The zero-order chi connectivity index (χ0) is 20.4. The van der Waals surface area contributed by atoms with Crippen molar-refractivity contribution in [1.29, 1.82) is 0 Å². The summed E-state index contributed by atoms with van der Waals surface area (Å²) < 4.78 is 11.6. The predicted molar refractivity (Wildman–Crippen MR) is 110 cm³/mol. The first kappa shape index (κ1) is 23.7. The Kier molecular flexibility index (Phi) is 10.7. The molecule has 6 nitrogen and oxygen atoms in total. The van der Waals surface area contributed by atoms with Crippen LogP contribution in [-0.2, 0) is 0 Å². The van der Waals surface area contributed by atoms with E-state index in [9.17, 15) is 10.2 Å². The van der Waals surface area contributed by atoms with Crippen molar-refractivity contribution in [2.24, 2.45) is 0 Å². The Bertz CT molecular complexity index is 535. The van der Waals surface area contributed by atoms with Crippen molar-refractivity contribution in [2.45, 2.75) is 71.8 Å². The first-order chi connectivity index (χ1) is 12.7. The molecule has 0 aliphatic carbocycles. The smallest absolute Gasteiger partial charge is 0.161 e. The summed E-state index contributed by atoms with van der Waals surface area (Å²) in [4.78, 5) is 0. The van der Waals surface area contributed by atoms with Gasteiger partial charge >= 0.3 is 0 Å². The minimum Gasteiger partial charge on any atom is -0.487 e. The molecular formula is C21H38N2O4. The quantitative estimate of drug-likeness (QED) is 0.419. The average Bonchev–Trinajstić information content (AvgIpc) is 2.61. The van der Waals surface area contributed by atoms with E-state index in [2.05, 4.69) is 24.5 Å². The number of hydrogen-bond donors (Lipinski definition) is 4. The maximum absolute atomic E-state index is 10.1. The molecule has 0 aliphatic rings. The number of aliphatic hydroxyl groups is 2. The summed E-state index contributed by atoms with van der Waals surface area (Å²) in [6.45, 7) is 13.6. The number of nitrogens with one attached hydrogen (secondary N) is 2.